The number of carbonyl (C=O) groups is 1. The number of hydrogen-bond donors (Lipinski definition) is 0. The Balaban J connectivity index is 1.60. The van der Waals surface area contributed by atoms with Gasteiger partial charge in [0.25, 0.3) is 5.56 Å². The molecular formula is C24H27N3O2S. The predicted molar refractivity (Wildman–Crippen MR) is 122 cm³/mol. The number of aromatic nitrogens is 2. The van der Waals surface area contributed by atoms with E-state index in [4.69, 9.17) is 4.98 Å². The van der Waals surface area contributed by atoms with Crippen molar-refractivity contribution in [3.63, 3.8) is 0 Å². The molecule has 1 aliphatic heterocycles. The first-order valence-corrected chi connectivity index (χ1v) is 11.6. The number of nitrogens with zero attached hydrogens (tertiary/aromatic N) is 3. The monoisotopic (exact) mass is 421 g/mol. The molecule has 5 nitrogen and oxygen atoms in total. The average Bonchev–Trinajstić information content (AvgIpc) is 2.78. The Labute approximate surface area is 181 Å². The first-order chi connectivity index (χ1) is 14.6. The van der Waals surface area contributed by atoms with Gasteiger partial charge < -0.3 is 4.90 Å². The Bertz CT molecular complexity index is 1100. The quantitative estimate of drug-likeness (QED) is 0.437. The lowest BCUT2D eigenvalue weighted by Gasteiger charge is -2.27. The molecule has 0 bridgehead atoms. The van der Waals surface area contributed by atoms with Crippen LogP contribution in [0.1, 0.15) is 36.8 Å². The van der Waals surface area contributed by atoms with Crippen LogP contribution in [0.4, 0.5) is 0 Å². The maximum atomic E-state index is 13.2. The van der Waals surface area contributed by atoms with Crippen molar-refractivity contribution in [1.82, 2.24) is 14.5 Å². The van der Waals surface area contributed by atoms with Gasteiger partial charge in [0, 0.05) is 31.8 Å². The molecule has 4 rings (SSSR count). The van der Waals surface area contributed by atoms with Crippen LogP contribution < -0.4 is 5.56 Å². The summed E-state index contributed by atoms with van der Waals surface area (Å²) in [7, 11) is 0. The van der Waals surface area contributed by atoms with E-state index in [0.717, 1.165) is 31.7 Å². The summed E-state index contributed by atoms with van der Waals surface area (Å²) < 4.78 is 1.69. The van der Waals surface area contributed by atoms with Crippen molar-refractivity contribution in [2.45, 2.75) is 50.1 Å². The van der Waals surface area contributed by atoms with Gasteiger partial charge in [0.1, 0.15) is 0 Å². The van der Waals surface area contributed by atoms with Gasteiger partial charge in [0.15, 0.2) is 5.16 Å². The molecule has 3 aromatic rings. The van der Waals surface area contributed by atoms with E-state index in [1.807, 2.05) is 41.3 Å². The molecule has 0 aliphatic carbocycles. The lowest BCUT2D eigenvalue weighted by molar-refractivity contribution is -0.132. The number of fused-ring (bicyclic) bond motifs is 1. The van der Waals surface area contributed by atoms with Crippen molar-refractivity contribution >= 4 is 28.6 Å². The zero-order valence-electron chi connectivity index (χ0n) is 17.3. The summed E-state index contributed by atoms with van der Waals surface area (Å²) in [6, 6.07) is 15.7. The van der Waals surface area contributed by atoms with Crippen molar-refractivity contribution in [2.24, 2.45) is 0 Å². The third kappa shape index (κ3) is 4.59. The van der Waals surface area contributed by atoms with Crippen molar-refractivity contribution in [3.8, 4) is 0 Å². The SMILES string of the molecule is Cc1ccccc1CSc1nc2ccccc2c(=O)n1CCC(=O)N1CCCCC1. The Hall–Kier alpha value is -2.60. The fourth-order valence-corrected chi connectivity index (χ4v) is 4.98. The average molecular weight is 422 g/mol. The van der Waals surface area contributed by atoms with Gasteiger partial charge in [-0.25, -0.2) is 4.98 Å². The summed E-state index contributed by atoms with van der Waals surface area (Å²) in [6.07, 6.45) is 3.66. The second kappa shape index (κ2) is 9.47. The first-order valence-electron chi connectivity index (χ1n) is 10.6. The van der Waals surface area contributed by atoms with E-state index in [1.165, 1.54) is 17.5 Å². The molecule has 30 heavy (non-hydrogen) atoms. The molecular weight excluding hydrogens is 394 g/mol. The summed E-state index contributed by atoms with van der Waals surface area (Å²) in [4.78, 5) is 32.6. The van der Waals surface area contributed by atoms with Gasteiger partial charge in [-0.05, 0) is 49.4 Å². The van der Waals surface area contributed by atoms with Crippen LogP contribution >= 0.6 is 11.8 Å². The molecule has 1 saturated heterocycles. The Kier molecular flexibility index (Phi) is 6.53. The number of para-hydroxylation sites is 1. The summed E-state index contributed by atoms with van der Waals surface area (Å²) in [5.41, 5.74) is 3.08. The van der Waals surface area contributed by atoms with E-state index in [2.05, 4.69) is 19.1 Å². The molecule has 1 aliphatic rings. The number of benzene rings is 2. The molecule has 0 N–H and O–H groups in total. The fourth-order valence-electron chi connectivity index (χ4n) is 3.88. The van der Waals surface area contributed by atoms with Crippen LogP contribution in [0.3, 0.4) is 0 Å². The molecule has 1 aromatic heterocycles. The van der Waals surface area contributed by atoms with E-state index in [0.29, 0.717) is 29.0 Å². The van der Waals surface area contributed by atoms with E-state index in [1.54, 1.807) is 16.3 Å². The molecule has 1 fully saturated rings. The summed E-state index contributed by atoms with van der Waals surface area (Å²) in [5.74, 6) is 0.863. The van der Waals surface area contributed by atoms with Crippen LogP contribution in [-0.2, 0) is 17.1 Å². The van der Waals surface area contributed by atoms with Crippen molar-refractivity contribution in [1.29, 1.82) is 0 Å². The minimum absolute atomic E-state index is 0.0701. The van der Waals surface area contributed by atoms with Gasteiger partial charge in [-0.15, -0.1) is 0 Å². The zero-order chi connectivity index (χ0) is 20.9. The molecule has 0 radical (unpaired) electrons. The van der Waals surface area contributed by atoms with E-state index in [9.17, 15) is 9.59 Å². The number of aryl methyl sites for hydroxylation is 1. The Morgan fingerprint density at radius 2 is 1.77 bits per heavy atom. The van der Waals surface area contributed by atoms with Crippen LogP contribution in [0.15, 0.2) is 58.5 Å². The highest BCUT2D eigenvalue weighted by atomic mass is 32.2. The van der Waals surface area contributed by atoms with Crippen LogP contribution in [0.5, 0.6) is 0 Å². The van der Waals surface area contributed by atoms with Crippen molar-refractivity contribution in [3.05, 3.63) is 70.0 Å². The standard InChI is InChI=1S/C24H27N3O2S/c1-18-9-3-4-10-19(18)17-30-24-25-21-12-6-5-11-20(21)23(29)27(24)16-13-22(28)26-14-7-2-8-15-26/h3-6,9-12H,2,7-8,13-17H2,1H3. The number of piperidine rings is 1. The summed E-state index contributed by atoms with van der Waals surface area (Å²) >= 11 is 1.56. The number of rotatable bonds is 6. The van der Waals surface area contributed by atoms with Crippen LogP contribution in [0, 0.1) is 6.92 Å². The molecule has 0 saturated carbocycles. The number of thioether (sulfide) groups is 1. The van der Waals surface area contributed by atoms with Crippen LogP contribution in [0.25, 0.3) is 10.9 Å². The molecule has 156 valence electrons. The van der Waals surface area contributed by atoms with Crippen LogP contribution in [-0.4, -0.2) is 33.4 Å². The molecule has 0 atom stereocenters. The normalized spacial score (nSPS) is 14.2. The topological polar surface area (TPSA) is 55.2 Å². The predicted octanol–water partition coefficient (Wildman–Crippen LogP) is 4.40. The highest BCUT2D eigenvalue weighted by Crippen LogP contribution is 2.24. The largest absolute Gasteiger partial charge is 0.343 e. The second-order valence-electron chi connectivity index (χ2n) is 7.77. The summed E-state index contributed by atoms with van der Waals surface area (Å²) in [6.45, 7) is 4.12. The van der Waals surface area contributed by atoms with E-state index < -0.39 is 0 Å². The number of likely N-dealkylation sites (tertiary alicyclic amines) is 1. The lowest BCUT2D eigenvalue weighted by Crippen LogP contribution is -2.36. The fraction of sp³-hybridized carbons (Fsp3) is 0.375. The van der Waals surface area contributed by atoms with Gasteiger partial charge in [0.05, 0.1) is 10.9 Å². The Morgan fingerprint density at radius 3 is 2.57 bits per heavy atom. The zero-order valence-corrected chi connectivity index (χ0v) is 18.2. The number of carbonyl (C=O) groups excluding carboxylic acids is 1. The second-order valence-corrected chi connectivity index (χ2v) is 8.72. The minimum atomic E-state index is -0.0701. The maximum absolute atomic E-state index is 13.2. The molecule has 2 aromatic carbocycles. The van der Waals surface area contributed by atoms with Gasteiger partial charge in [0.2, 0.25) is 5.91 Å². The number of amides is 1. The van der Waals surface area contributed by atoms with Gasteiger partial charge in [-0.3, -0.25) is 14.2 Å². The first kappa shape index (κ1) is 20.7. The van der Waals surface area contributed by atoms with Gasteiger partial charge in [-0.2, -0.15) is 0 Å². The van der Waals surface area contributed by atoms with E-state index in [-0.39, 0.29) is 11.5 Å². The molecule has 0 spiro atoms. The molecule has 6 heteroatoms. The van der Waals surface area contributed by atoms with Crippen molar-refractivity contribution in [2.75, 3.05) is 13.1 Å². The third-order valence-electron chi connectivity index (χ3n) is 5.70. The third-order valence-corrected chi connectivity index (χ3v) is 6.73. The Morgan fingerprint density at radius 1 is 1.03 bits per heavy atom. The van der Waals surface area contributed by atoms with E-state index >= 15 is 0 Å². The number of hydrogen-bond acceptors (Lipinski definition) is 4. The smallest absolute Gasteiger partial charge is 0.262 e. The van der Waals surface area contributed by atoms with Gasteiger partial charge in [-0.1, -0.05) is 48.2 Å². The van der Waals surface area contributed by atoms with Crippen molar-refractivity contribution < 1.29 is 4.79 Å². The lowest BCUT2D eigenvalue weighted by atomic mass is 10.1. The van der Waals surface area contributed by atoms with Crippen LogP contribution in [0.2, 0.25) is 0 Å². The molecule has 1 amide bonds. The van der Waals surface area contributed by atoms with Gasteiger partial charge >= 0.3 is 0 Å². The summed E-state index contributed by atoms with van der Waals surface area (Å²) in [5, 5.41) is 1.27. The molecule has 0 unspecified atom stereocenters. The molecule has 2 heterocycles. The highest BCUT2D eigenvalue weighted by Gasteiger charge is 2.18. The highest BCUT2D eigenvalue weighted by molar-refractivity contribution is 7.98. The minimum Gasteiger partial charge on any atom is -0.343 e. The maximum Gasteiger partial charge on any atom is 0.262 e.